The van der Waals surface area contributed by atoms with Gasteiger partial charge in [0.25, 0.3) is 0 Å². The molecule has 1 heterocycles. The molecule has 8 heteroatoms. The van der Waals surface area contributed by atoms with E-state index in [9.17, 15) is 23.1 Å². The number of rotatable bonds is 5. The SMILES string of the molecule is CC(CC(O)c1ccco1)NC(=O)NC1CCCC(C(F)(F)F)C1. The summed E-state index contributed by atoms with van der Waals surface area (Å²) in [5.74, 6) is -0.945. The van der Waals surface area contributed by atoms with Crippen molar-refractivity contribution in [2.75, 3.05) is 0 Å². The Hall–Kier alpha value is -1.70. The second kappa shape index (κ2) is 7.92. The minimum Gasteiger partial charge on any atom is -0.467 e. The van der Waals surface area contributed by atoms with Crippen LogP contribution in [0.15, 0.2) is 22.8 Å². The van der Waals surface area contributed by atoms with E-state index >= 15 is 0 Å². The smallest absolute Gasteiger partial charge is 0.391 e. The van der Waals surface area contributed by atoms with Gasteiger partial charge in [0, 0.05) is 18.5 Å². The molecule has 1 aliphatic rings. The molecule has 0 bridgehead atoms. The average molecular weight is 348 g/mol. The monoisotopic (exact) mass is 348 g/mol. The maximum Gasteiger partial charge on any atom is 0.391 e. The lowest BCUT2D eigenvalue weighted by Crippen LogP contribution is -2.48. The first-order valence-corrected chi connectivity index (χ1v) is 8.11. The molecule has 1 saturated carbocycles. The molecule has 2 amide bonds. The van der Waals surface area contributed by atoms with Crippen LogP contribution in [0.25, 0.3) is 0 Å². The molecule has 3 N–H and O–H groups in total. The summed E-state index contributed by atoms with van der Waals surface area (Å²) in [5, 5.41) is 15.2. The fraction of sp³-hybridized carbons (Fsp3) is 0.688. The van der Waals surface area contributed by atoms with Crippen molar-refractivity contribution >= 4 is 6.03 Å². The Morgan fingerprint density at radius 2 is 2.21 bits per heavy atom. The third-order valence-electron chi connectivity index (χ3n) is 4.30. The molecule has 24 heavy (non-hydrogen) atoms. The number of nitrogens with one attached hydrogen (secondary N) is 2. The fourth-order valence-corrected chi connectivity index (χ4v) is 3.06. The van der Waals surface area contributed by atoms with Gasteiger partial charge in [0.15, 0.2) is 0 Å². The molecular formula is C16H23F3N2O3. The van der Waals surface area contributed by atoms with Crippen LogP contribution in [-0.2, 0) is 0 Å². The maximum atomic E-state index is 12.8. The summed E-state index contributed by atoms with van der Waals surface area (Å²) in [6.45, 7) is 1.71. The van der Waals surface area contributed by atoms with Crippen molar-refractivity contribution in [1.82, 2.24) is 10.6 Å². The highest BCUT2D eigenvalue weighted by Gasteiger charge is 2.42. The molecule has 0 aliphatic heterocycles. The molecule has 1 aromatic rings. The van der Waals surface area contributed by atoms with E-state index in [-0.39, 0.29) is 25.3 Å². The lowest BCUT2D eigenvalue weighted by atomic mass is 9.85. The highest BCUT2D eigenvalue weighted by Crippen LogP contribution is 2.37. The third-order valence-corrected chi connectivity index (χ3v) is 4.30. The predicted molar refractivity (Wildman–Crippen MR) is 81.2 cm³/mol. The van der Waals surface area contributed by atoms with Gasteiger partial charge in [0.05, 0.1) is 12.2 Å². The Morgan fingerprint density at radius 1 is 1.46 bits per heavy atom. The molecule has 2 rings (SSSR count). The minimum atomic E-state index is -4.21. The van der Waals surface area contributed by atoms with Crippen molar-refractivity contribution in [3.8, 4) is 0 Å². The molecular weight excluding hydrogens is 325 g/mol. The van der Waals surface area contributed by atoms with Gasteiger partial charge in [-0.1, -0.05) is 6.42 Å². The summed E-state index contributed by atoms with van der Waals surface area (Å²) in [6, 6.07) is 1.95. The zero-order valence-corrected chi connectivity index (χ0v) is 13.5. The summed E-state index contributed by atoms with van der Waals surface area (Å²) in [4.78, 5) is 11.9. The van der Waals surface area contributed by atoms with Gasteiger partial charge >= 0.3 is 12.2 Å². The molecule has 0 spiro atoms. The second-order valence-corrected chi connectivity index (χ2v) is 6.39. The zero-order valence-electron chi connectivity index (χ0n) is 13.5. The number of aliphatic hydroxyl groups excluding tert-OH is 1. The van der Waals surface area contributed by atoms with Crippen LogP contribution in [0.1, 0.15) is 50.9 Å². The topological polar surface area (TPSA) is 74.5 Å². The molecule has 0 saturated heterocycles. The Morgan fingerprint density at radius 3 is 2.83 bits per heavy atom. The van der Waals surface area contributed by atoms with Crippen LogP contribution in [0, 0.1) is 5.92 Å². The van der Waals surface area contributed by atoms with Gasteiger partial charge in [-0.05, 0) is 38.3 Å². The molecule has 5 nitrogen and oxygen atoms in total. The van der Waals surface area contributed by atoms with Crippen molar-refractivity contribution in [1.29, 1.82) is 0 Å². The van der Waals surface area contributed by atoms with Crippen LogP contribution in [0.2, 0.25) is 0 Å². The number of carbonyl (C=O) groups excluding carboxylic acids is 1. The molecule has 4 atom stereocenters. The van der Waals surface area contributed by atoms with E-state index in [1.807, 2.05) is 0 Å². The van der Waals surface area contributed by atoms with Gasteiger partial charge in [0.1, 0.15) is 11.9 Å². The second-order valence-electron chi connectivity index (χ2n) is 6.39. The zero-order chi connectivity index (χ0) is 17.7. The predicted octanol–water partition coefficient (Wildman–Crippen LogP) is 3.51. The lowest BCUT2D eigenvalue weighted by molar-refractivity contribution is -0.183. The van der Waals surface area contributed by atoms with Crippen LogP contribution in [0.5, 0.6) is 0 Å². The Balaban J connectivity index is 1.76. The largest absolute Gasteiger partial charge is 0.467 e. The summed E-state index contributed by atoms with van der Waals surface area (Å²) < 4.78 is 43.4. The summed E-state index contributed by atoms with van der Waals surface area (Å²) in [6.07, 6.45) is -2.34. The molecule has 0 aromatic carbocycles. The molecule has 4 unspecified atom stereocenters. The van der Waals surface area contributed by atoms with Gasteiger partial charge in [-0.15, -0.1) is 0 Å². The number of alkyl halides is 3. The minimum absolute atomic E-state index is 0.0830. The van der Waals surface area contributed by atoms with E-state index in [0.717, 1.165) is 0 Å². The quantitative estimate of drug-likeness (QED) is 0.762. The van der Waals surface area contributed by atoms with E-state index in [2.05, 4.69) is 10.6 Å². The Labute approximate surface area is 138 Å². The van der Waals surface area contributed by atoms with E-state index in [1.165, 1.54) is 6.26 Å². The normalized spacial score (nSPS) is 24.2. The fourth-order valence-electron chi connectivity index (χ4n) is 3.06. The number of hydrogen-bond donors (Lipinski definition) is 3. The van der Waals surface area contributed by atoms with Gasteiger partial charge < -0.3 is 20.2 Å². The number of urea groups is 1. The van der Waals surface area contributed by atoms with Crippen LogP contribution in [0.4, 0.5) is 18.0 Å². The number of aliphatic hydroxyl groups is 1. The summed E-state index contributed by atoms with van der Waals surface area (Å²) >= 11 is 0. The highest BCUT2D eigenvalue weighted by atomic mass is 19.4. The van der Waals surface area contributed by atoms with Gasteiger partial charge in [0.2, 0.25) is 0 Å². The molecule has 1 fully saturated rings. The van der Waals surface area contributed by atoms with E-state index in [4.69, 9.17) is 4.42 Å². The number of hydrogen-bond acceptors (Lipinski definition) is 3. The van der Waals surface area contributed by atoms with E-state index in [0.29, 0.717) is 18.6 Å². The first-order valence-electron chi connectivity index (χ1n) is 8.11. The summed E-state index contributed by atoms with van der Waals surface area (Å²) in [5.41, 5.74) is 0. The van der Waals surface area contributed by atoms with Gasteiger partial charge in [-0.25, -0.2) is 4.79 Å². The van der Waals surface area contributed by atoms with Gasteiger partial charge in [-0.3, -0.25) is 0 Å². The first kappa shape index (κ1) is 18.6. The van der Waals surface area contributed by atoms with Crippen LogP contribution in [0.3, 0.4) is 0 Å². The Kier molecular flexibility index (Phi) is 6.15. The third kappa shape index (κ3) is 5.43. The van der Waals surface area contributed by atoms with Crippen molar-refractivity contribution in [3.63, 3.8) is 0 Å². The van der Waals surface area contributed by atoms with Crippen molar-refractivity contribution in [2.45, 2.75) is 63.4 Å². The van der Waals surface area contributed by atoms with Crippen molar-refractivity contribution in [2.24, 2.45) is 5.92 Å². The maximum absolute atomic E-state index is 12.8. The van der Waals surface area contributed by atoms with Gasteiger partial charge in [-0.2, -0.15) is 13.2 Å². The summed E-state index contributed by atoms with van der Waals surface area (Å²) in [7, 11) is 0. The molecule has 1 aromatic heterocycles. The van der Waals surface area contributed by atoms with Crippen molar-refractivity contribution < 1.29 is 27.5 Å². The molecule has 136 valence electrons. The van der Waals surface area contributed by atoms with Crippen LogP contribution < -0.4 is 10.6 Å². The number of carbonyl (C=O) groups is 1. The highest BCUT2D eigenvalue weighted by molar-refractivity contribution is 5.74. The van der Waals surface area contributed by atoms with Crippen molar-refractivity contribution in [3.05, 3.63) is 24.2 Å². The number of amides is 2. The number of furan rings is 1. The van der Waals surface area contributed by atoms with E-state index in [1.54, 1.807) is 19.1 Å². The standard InChI is InChI=1S/C16H23F3N2O3/c1-10(8-13(22)14-6-3-7-24-14)20-15(23)21-12-5-2-4-11(9-12)16(17,18)19/h3,6-7,10-13,22H,2,4-5,8-9H2,1H3,(H2,20,21,23). The molecule has 1 aliphatic carbocycles. The van der Waals surface area contributed by atoms with Crippen LogP contribution >= 0.6 is 0 Å². The Bertz CT molecular complexity index is 519. The van der Waals surface area contributed by atoms with Crippen LogP contribution in [-0.4, -0.2) is 29.4 Å². The number of halogens is 3. The lowest BCUT2D eigenvalue weighted by Gasteiger charge is -2.31. The first-order chi connectivity index (χ1) is 11.3. The average Bonchev–Trinajstić information content (AvgIpc) is 3.00. The van der Waals surface area contributed by atoms with E-state index < -0.39 is 30.3 Å². The molecule has 0 radical (unpaired) electrons.